The SMILES string of the molecule is CCn1cc(S(=O)(=O)NCC(N)=O)nc1C. The van der Waals surface area contributed by atoms with Crippen molar-refractivity contribution in [1.82, 2.24) is 14.3 Å². The Balaban J connectivity index is 2.94. The molecule has 0 atom stereocenters. The zero-order valence-electron chi connectivity index (χ0n) is 9.10. The van der Waals surface area contributed by atoms with Gasteiger partial charge in [-0.05, 0) is 13.8 Å². The van der Waals surface area contributed by atoms with Crippen molar-refractivity contribution in [1.29, 1.82) is 0 Å². The summed E-state index contributed by atoms with van der Waals surface area (Å²) in [5.74, 6) is -0.142. The maximum absolute atomic E-state index is 11.6. The number of primary amides is 1. The van der Waals surface area contributed by atoms with E-state index in [2.05, 4.69) is 9.71 Å². The van der Waals surface area contributed by atoms with Crippen LogP contribution in [0.1, 0.15) is 12.7 Å². The van der Waals surface area contributed by atoms with Gasteiger partial charge in [0.15, 0.2) is 5.03 Å². The highest BCUT2D eigenvalue weighted by molar-refractivity contribution is 7.89. The minimum atomic E-state index is -3.75. The Morgan fingerprint density at radius 3 is 2.69 bits per heavy atom. The zero-order valence-corrected chi connectivity index (χ0v) is 9.91. The fraction of sp³-hybridized carbons (Fsp3) is 0.500. The van der Waals surface area contributed by atoms with Crippen molar-refractivity contribution < 1.29 is 13.2 Å². The summed E-state index contributed by atoms with van der Waals surface area (Å²) < 4.78 is 27.0. The Hall–Kier alpha value is -1.41. The molecule has 1 aromatic rings. The summed E-state index contributed by atoms with van der Waals surface area (Å²) in [5.41, 5.74) is 4.85. The van der Waals surface area contributed by atoms with Crippen molar-refractivity contribution in [3.63, 3.8) is 0 Å². The van der Waals surface area contributed by atoms with E-state index in [-0.39, 0.29) is 5.03 Å². The molecule has 1 heterocycles. The van der Waals surface area contributed by atoms with Crippen molar-refractivity contribution >= 4 is 15.9 Å². The lowest BCUT2D eigenvalue weighted by Gasteiger charge is -2.00. The second-order valence-electron chi connectivity index (χ2n) is 3.20. The molecule has 0 fully saturated rings. The van der Waals surface area contributed by atoms with Crippen molar-refractivity contribution in [3.05, 3.63) is 12.0 Å². The van der Waals surface area contributed by atoms with Gasteiger partial charge in [-0.15, -0.1) is 0 Å². The smallest absolute Gasteiger partial charge is 0.260 e. The van der Waals surface area contributed by atoms with Crippen LogP contribution >= 0.6 is 0 Å². The average Bonchev–Trinajstić information content (AvgIpc) is 2.57. The van der Waals surface area contributed by atoms with Gasteiger partial charge in [0.1, 0.15) is 5.82 Å². The Morgan fingerprint density at radius 1 is 1.62 bits per heavy atom. The Kier molecular flexibility index (Phi) is 3.66. The van der Waals surface area contributed by atoms with Crippen LogP contribution in [0.4, 0.5) is 0 Å². The summed E-state index contributed by atoms with van der Waals surface area (Å²) in [7, 11) is -3.75. The monoisotopic (exact) mass is 246 g/mol. The highest BCUT2D eigenvalue weighted by Crippen LogP contribution is 2.08. The first-order chi connectivity index (χ1) is 7.36. The quantitative estimate of drug-likeness (QED) is 0.693. The normalized spacial score (nSPS) is 11.6. The number of nitrogens with zero attached hydrogens (tertiary/aromatic N) is 2. The van der Waals surface area contributed by atoms with Crippen LogP contribution in [0.25, 0.3) is 0 Å². The summed E-state index contributed by atoms with van der Waals surface area (Å²) >= 11 is 0. The number of amides is 1. The van der Waals surface area contributed by atoms with Gasteiger partial charge in [0.25, 0.3) is 10.0 Å². The topological polar surface area (TPSA) is 107 Å². The molecule has 16 heavy (non-hydrogen) atoms. The molecule has 0 aliphatic heterocycles. The number of carbonyl (C=O) groups is 1. The molecule has 0 unspecified atom stereocenters. The molecule has 0 saturated carbocycles. The summed E-state index contributed by atoms with van der Waals surface area (Å²) in [6.07, 6.45) is 1.42. The molecule has 1 amide bonds. The van der Waals surface area contributed by atoms with Crippen molar-refractivity contribution in [2.75, 3.05) is 6.54 Å². The Morgan fingerprint density at radius 2 is 2.25 bits per heavy atom. The van der Waals surface area contributed by atoms with Crippen LogP contribution in [0.3, 0.4) is 0 Å². The minimum Gasteiger partial charge on any atom is -0.369 e. The molecule has 3 N–H and O–H groups in total. The van der Waals surface area contributed by atoms with Crippen LogP contribution in [-0.4, -0.2) is 30.4 Å². The number of aryl methyl sites for hydroxylation is 2. The van der Waals surface area contributed by atoms with Gasteiger partial charge in [0, 0.05) is 12.7 Å². The molecule has 1 rings (SSSR count). The Labute approximate surface area is 93.7 Å². The first-order valence-electron chi connectivity index (χ1n) is 4.68. The molecule has 0 aliphatic rings. The van der Waals surface area contributed by atoms with E-state index >= 15 is 0 Å². The lowest BCUT2D eigenvalue weighted by molar-refractivity contribution is -0.116. The van der Waals surface area contributed by atoms with Crippen molar-refractivity contribution in [2.45, 2.75) is 25.4 Å². The van der Waals surface area contributed by atoms with E-state index in [4.69, 9.17) is 5.73 Å². The molecule has 0 spiro atoms. The van der Waals surface area contributed by atoms with E-state index in [1.807, 2.05) is 6.92 Å². The number of carbonyl (C=O) groups excluding carboxylic acids is 1. The van der Waals surface area contributed by atoms with Crippen LogP contribution in [-0.2, 0) is 21.4 Å². The second kappa shape index (κ2) is 4.62. The maximum Gasteiger partial charge on any atom is 0.260 e. The van der Waals surface area contributed by atoms with Gasteiger partial charge < -0.3 is 10.3 Å². The number of hydrogen-bond donors (Lipinski definition) is 2. The molecule has 8 heteroatoms. The molecule has 1 aromatic heterocycles. The van der Waals surface area contributed by atoms with E-state index in [1.165, 1.54) is 6.20 Å². The van der Waals surface area contributed by atoms with Crippen molar-refractivity contribution in [3.8, 4) is 0 Å². The molecule has 0 saturated heterocycles. The lowest BCUT2D eigenvalue weighted by Crippen LogP contribution is -2.33. The highest BCUT2D eigenvalue weighted by atomic mass is 32.2. The van der Waals surface area contributed by atoms with Crippen LogP contribution in [0, 0.1) is 6.92 Å². The predicted molar refractivity (Wildman–Crippen MR) is 57.0 cm³/mol. The van der Waals surface area contributed by atoms with Crippen LogP contribution in [0.2, 0.25) is 0 Å². The van der Waals surface area contributed by atoms with E-state index in [0.717, 1.165) is 0 Å². The van der Waals surface area contributed by atoms with Gasteiger partial charge in [-0.1, -0.05) is 0 Å². The third kappa shape index (κ3) is 2.80. The summed E-state index contributed by atoms with van der Waals surface area (Å²) in [6.45, 7) is 3.78. The molecule has 7 nitrogen and oxygen atoms in total. The number of imidazole rings is 1. The van der Waals surface area contributed by atoms with Crippen LogP contribution in [0.15, 0.2) is 11.2 Å². The molecule has 0 bridgehead atoms. The fourth-order valence-electron chi connectivity index (χ4n) is 1.17. The van der Waals surface area contributed by atoms with Gasteiger partial charge in [-0.3, -0.25) is 4.79 Å². The first kappa shape index (κ1) is 12.7. The number of nitrogens with one attached hydrogen (secondary N) is 1. The van der Waals surface area contributed by atoms with E-state index in [9.17, 15) is 13.2 Å². The third-order valence-electron chi connectivity index (χ3n) is 2.01. The van der Waals surface area contributed by atoms with Gasteiger partial charge in [-0.2, -0.15) is 0 Å². The molecule has 0 aliphatic carbocycles. The average molecular weight is 246 g/mol. The van der Waals surface area contributed by atoms with Gasteiger partial charge in [0.2, 0.25) is 5.91 Å². The summed E-state index contributed by atoms with van der Waals surface area (Å²) in [5, 5.41) is -0.104. The predicted octanol–water partition coefficient (Wildman–Crippen LogP) is -1.02. The molecule has 0 radical (unpaired) electrons. The second-order valence-corrected chi connectivity index (χ2v) is 4.92. The van der Waals surface area contributed by atoms with Gasteiger partial charge >= 0.3 is 0 Å². The van der Waals surface area contributed by atoms with Gasteiger partial charge in [-0.25, -0.2) is 18.1 Å². The number of rotatable bonds is 5. The number of hydrogen-bond acceptors (Lipinski definition) is 4. The summed E-state index contributed by atoms with van der Waals surface area (Å²) in [6, 6.07) is 0. The number of nitrogens with two attached hydrogens (primary N) is 1. The molecule has 0 aromatic carbocycles. The largest absolute Gasteiger partial charge is 0.369 e. The zero-order chi connectivity index (χ0) is 12.3. The third-order valence-corrected chi connectivity index (χ3v) is 3.28. The lowest BCUT2D eigenvalue weighted by atomic mass is 10.6. The number of aromatic nitrogens is 2. The Bertz CT molecular complexity index is 491. The van der Waals surface area contributed by atoms with Crippen LogP contribution < -0.4 is 10.5 Å². The van der Waals surface area contributed by atoms with E-state index < -0.39 is 22.5 Å². The first-order valence-corrected chi connectivity index (χ1v) is 6.17. The number of sulfonamides is 1. The van der Waals surface area contributed by atoms with Crippen molar-refractivity contribution in [2.24, 2.45) is 5.73 Å². The fourth-order valence-corrected chi connectivity index (χ4v) is 2.17. The van der Waals surface area contributed by atoms with Crippen LogP contribution in [0.5, 0.6) is 0 Å². The standard InChI is InChI=1S/C8H14N4O3S/c1-3-12-5-8(11-6(12)2)16(14,15)10-4-7(9)13/h5,10H,3-4H2,1-2H3,(H2,9,13). The molecule has 90 valence electrons. The molecular formula is C8H14N4O3S. The van der Waals surface area contributed by atoms with E-state index in [0.29, 0.717) is 12.4 Å². The maximum atomic E-state index is 11.6. The highest BCUT2D eigenvalue weighted by Gasteiger charge is 2.18. The minimum absolute atomic E-state index is 0.104. The summed E-state index contributed by atoms with van der Waals surface area (Å²) in [4.78, 5) is 14.4. The van der Waals surface area contributed by atoms with Gasteiger partial charge in [0.05, 0.1) is 6.54 Å². The van der Waals surface area contributed by atoms with E-state index in [1.54, 1.807) is 11.5 Å². The molecular weight excluding hydrogens is 232 g/mol.